The van der Waals surface area contributed by atoms with Gasteiger partial charge >= 0.3 is 6.09 Å². The summed E-state index contributed by atoms with van der Waals surface area (Å²) in [5.74, 6) is 0.0226. The molecule has 0 aromatic rings. The van der Waals surface area contributed by atoms with Crippen molar-refractivity contribution in [3.05, 3.63) is 0 Å². The molecule has 1 amide bonds. The molecule has 0 aromatic heterocycles. The van der Waals surface area contributed by atoms with Gasteiger partial charge in [-0.25, -0.2) is 13.2 Å². The lowest BCUT2D eigenvalue weighted by molar-refractivity contribution is -0.123. The zero-order chi connectivity index (χ0) is 17.3. The molecule has 2 aliphatic heterocycles. The number of carbonyl (C=O) groups excluding carboxylic acids is 1. The Labute approximate surface area is 142 Å². The third-order valence-electron chi connectivity index (χ3n) is 4.36. The van der Waals surface area contributed by atoms with Crippen LogP contribution in [0.15, 0.2) is 0 Å². The molecule has 1 unspecified atom stereocenters. The van der Waals surface area contributed by atoms with Crippen LogP contribution in [0.1, 0.15) is 46.5 Å². The summed E-state index contributed by atoms with van der Waals surface area (Å²) in [6.45, 7) is 7.21. The lowest BCUT2D eigenvalue weighted by Crippen LogP contribution is -2.52. The van der Waals surface area contributed by atoms with Crippen LogP contribution < -0.4 is 0 Å². The summed E-state index contributed by atoms with van der Waals surface area (Å²) in [6, 6.07) is 0. The van der Waals surface area contributed by atoms with E-state index in [1.807, 2.05) is 20.8 Å². The van der Waals surface area contributed by atoms with Gasteiger partial charge in [-0.1, -0.05) is 0 Å². The van der Waals surface area contributed by atoms with Crippen molar-refractivity contribution in [2.75, 3.05) is 25.4 Å². The second kappa shape index (κ2) is 6.76. The highest BCUT2D eigenvalue weighted by molar-refractivity contribution is 8.13. The minimum absolute atomic E-state index is 0.00452. The fourth-order valence-electron chi connectivity index (χ4n) is 3.32. The standard InChI is InChI=1S/C15H26ClNO5S/c1-14(2,3)22-13(18)17-7-5-15(6-8-17)10-12(4-9-21-15)11-23(16,19)20/h12H,4-11H2,1-3H3. The molecule has 6 nitrogen and oxygen atoms in total. The molecule has 2 fully saturated rings. The van der Waals surface area contributed by atoms with Crippen molar-refractivity contribution in [1.82, 2.24) is 4.90 Å². The quantitative estimate of drug-likeness (QED) is 0.701. The number of piperidine rings is 1. The second-order valence-corrected chi connectivity index (χ2v) is 10.4. The van der Waals surface area contributed by atoms with Gasteiger partial charge in [0.15, 0.2) is 0 Å². The Bertz CT molecular complexity index is 535. The minimum atomic E-state index is -3.49. The molecule has 2 heterocycles. The molecule has 1 atom stereocenters. The fourth-order valence-corrected chi connectivity index (χ4v) is 4.71. The van der Waals surface area contributed by atoms with Gasteiger partial charge in [0.1, 0.15) is 5.60 Å². The van der Waals surface area contributed by atoms with E-state index in [9.17, 15) is 13.2 Å². The van der Waals surface area contributed by atoms with Crippen LogP contribution in [0.2, 0.25) is 0 Å². The number of halogens is 1. The first kappa shape index (κ1) is 18.8. The van der Waals surface area contributed by atoms with Crippen LogP contribution >= 0.6 is 10.7 Å². The molecular weight excluding hydrogens is 342 g/mol. The van der Waals surface area contributed by atoms with Gasteiger partial charge in [0.05, 0.1) is 11.4 Å². The van der Waals surface area contributed by atoms with Gasteiger partial charge in [0.25, 0.3) is 0 Å². The van der Waals surface area contributed by atoms with E-state index in [1.165, 1.54) is 0 Å². The van der Waals surface area contributed by atoms with Crippen molar-refractivity contribution in [3.8, 4) is 0 Å². The van der Waals surface area contributed by atoms with Gasteiger partial charge in [-0.3, -0.25) is 0 Å². The average molecular weight is 368 g/mol. The highest BCUT2D eigenvalue weighted by atomic mass is 35.7. The van der Waals surface area contributed by atoms with Gasteiger partial charge in [-0.15, -0.1) is 0 Å². The SMILES string of the molecule is CC(C)(C)OC(=O)N1CCC2(CC1)CC(CS(=O)(=O)Cl)CCO2. The third kappa shape index (κ3) is 5.80. The molecule has 2 rings (SSSR count). The van der Waals surface area contributed by atoms with E-state index in [2.05, 4.69) is 0 Å². The fraction of sp³-hybridized carbons (Fsp3) is 0.933. The molecule has 0 saturated carbocycles. The molecule has 0 radical (unpaired) electrons. The first-order chi connectivity index (χ1) is 10.5. The van der Waals surface area contributed by atoms with Crippen molar-refractivity contribution in [1.29, 1.82) is 0 Å². The third-order valence-corrected chi connectivity index (χ3v) is 5.60. The van der Waals surface area contributed by atoms with Crippen molar-refractivity contribution in [2.24, 2.45) is 5.92 Å². The Kier molecular flexibility index (Phi) is 5.53. The Morgan fingerprint density at radius 3 is 2.48 bits per heavy atom. The second-order valence-electron chi connectivity index (χ2n) is 7.56. The van der Waals surface area contributed by atoms with E-state index in [0.717, 1.165) is 0 Å². The first-order valence-corrected chi connectivity index (χ1v) is 10.5. The Morgan fingerprint density at radius 2 is 1.96 bits per heavy atom. The highest BCUT2D eigenvalue weighted by Gasteiger charge is 2.42. The molecule has 0 N–H and O–H groups in total. The maximum absolute atomic E-state index is 12.1. The lowest BCUT2D eigenvalue weighted by atomic mass is 9.80. The minimum Gasteiger partial charge on any atom is -0.444 e. The van der Waals surface area contributed by atoms with E-state index in [-0.39, 0.29) is 23.4 Å². The van der Waals surface area contributed by atoms with Gasteiger partial charge in [-0.05, 0) is 52.4 Å². The number of carbonyl (C=O) groups is 1. The van der Waals surface area contributed by atoms with Crippen LogP contribution in [0.3, 0.4) is 0 Å². The van der Waals surface area contributed by atoms with Crippen LogP contribution in [-0.4, -0.2) is 56.1 Å². The number of likely N-dealkylation sites (tertiary alicyclic amines) is 1. The smallest absolute Gasteiger partial charge is 0.410 e. The van der Waals surface area contributed by atoms with Gasteiger partial charge < -0.3 is 14.4 Å². The van der Waals surface area contributed by atoms with Crippen LogP contribution in [-0.2, 0) is 18.5 Å². The Balaban J connectivity index is 1.91. The maximum atomic E-state index is 12.1. The van der Waals surface area contributed by atoms with E-state index >= 15 is 0 Å². The molecule has 0 aliphatic carbocycles. The summed E-state index contributed by atoms with van der Waals surface area (Å²) >= 11 is 0. The number of nitrogens with zero attached hydrogens (tertiary/aromatic N) is 1. The van der Waals surface area contributed by atoms with E-state index in [4.69, 9.17) is 20.2 Å². The highest BCUT2D eigenvalue weighted by Crippen LogP contribution is 2.38. The molecular formula is C15H26ClNO5S. The Morgan fingerprint density at radius 1 is 1.35 bits per heavy atom. The molecule has 1 spiro atoms. The zero-order valence-corrected chi connectivity index (χ0v) is 15.6. The van der Waals surface area contributed by atoms with Gasteiger partial charge in [-0.2, -0.15) is 0 Å². The normalized spacial score (nSPS) is 25.4. The van der Waals surface area contributed by atoms with Crippen LogP contribution in [0.4, 0.5) is 4.79 Å². The van der Waals surface area contributed by atoms with E-state index in [0.29, 0.717) is 45.4 Å². The summed E-state index contributed by atoms with van der Waals surface area (Å²) in [7, 11) is 1.89. The summed E-state index contributed by atoms with van der Waals surface area (Å²) in [5, 5.41) is 0. The average Bonchev–Trinajstić information content (AvgIpc) is 2.35. The van der Waals surface area contributed by atoms with E-state index < -0.39 is 14.7 Å². The maximum Gasteiger partial charge on any atom is 0.410 e. The first-order valence-electron chi connectivity index (χ1n) is 8.02. The van der Waals surface area contributed by atoms with Crippen molar-refractivity contribution in [2.45, 2.75) is 57.7 Å². The lowest BCUT2D eigenvalue weighted by Gasteiger charge is -2.46. The van der Waals surface area contributed by atoms with Gasteiger partial charge in [0.2, 0.25) is 9.05 Å². The van der Waals surface area contributed by atoms with Crippen molar-refractivity contribution in [3.63, 3.8) is 0 Å². The van der Waals surface area contributed by atoms with E-state index in [1.54, 1.807) is 4.90 Å². The largest absolute Gasteiger partial charge is 0.444 e. The van der Waals surface area contributed by atoms with Crippen molar-refractivity contribution >= 4 is 25.8 Å². The van der Waals surface area contributed by atoms with Gasteiger partial charge in [0, 0.05) is 30.4 Å². The number of amides is 1. The van der Waals surface area contributed by atoms with Crippen LogP contribution in [0, 0.1) is 5.92 Å². The molecule has 8 heteroatoms. The summed E-state index contributed by atoms with van der Waals surface area (Å²) in [4.78, 5) is 13.8. The number of ether oxygens (including phenoxy) is 2. The molecule has 23 heavy (non-hydrogen) atoms. The molecule has 2 aliphatic rings. The predicted molar refractivity (Wildman–Crippen MR) is 88.1 cm³/mol. The molecule has 2 saturated heterocycles. The van der Waals surface area contributed by atoms with Crippen LogP contribution in [0.25, 0.3) is 0 Å². The zero-order valence-electron chi connectivity index (χ0n) is 14.0. The molecule has 0 aromatic carbocycles. The summed E-state index contributed by atoms with van der Waals surface area (Å²) in [6.07, 6.45) is 2.49. The molecule has 0 bridgehead atoms. The van der Waals surface area contributed by atoms with Crippen LogP contribution in [0.5, 0.6) is 0 Å². The Hall–Kier alpha value is -0.530. The number of hydrogen-bond donors (Lipinski definition) is 0. The summed E-state index contributed by atoms with van der Waals surface area (Å²) in [5.41, 5.74) is -0.837. The monoisotopic (exact) mass is 367 g/mol. The topological polar surface area (TPSA) is 72.9 Å². The number of hydrogen-bond acceptors (Lipinski definition) is 5. The number of rotatable bonds is 2. The molecule has 134 valence electrons. The predicted octanol–water partition coefficient (Wildman–Crippen LogP) is 2.75. The van der Waals surface area contributed by atoms with Crippen molar-refractivity contribution < 1.29 is 22.7 Å². The summed E-state index contributed by atoms with van der Waals surface area (Å²) < 4.78 is 34.0.